The summed E-state index contributed by atoms with van der Waals surface area (Å²) in [5.74, 6) is -0.356. The summed E-state index contributed by atoms with van der Waals surface area (Å²) in [4.78, 5) is 14.0. The van der Waals surface area contributed by atoms with Crippen LogP contribution in [0.2, 0.25) is 0 Å². The molecule has 1 heterocycles. The molecule has 1 aromatic carbocycles. The van der Waals surface area contributed by atoms with Gasteiger partial charge in [-0.05, 0) is 12.1 Å². The molecule has 0 unspecified atom stereocenters. The number of phenols is 1. The van der Waals surface area contributed by atoms with Crippen LogP contribution in [0.4, 0.5) is 5.69 Å². The van der Waals surface area contributed by atoms with Crippen LogP contribution in [0.1, 0.15) is 5.56 Å². The van der Waals surface area contributed by atoms with Crippen LogP contribution in [0.15, 0.2) is 35.8 Å². The van der Waals surface area contributed by atoms with Crippen molar-refractivity contribution in [1.82, 2.24) is 4.90 Å². The fourth-order valence-electron chi connectivity index (χ4n) is 1.70. The summed E-state index contributed by atoms with van der Waals surface area (Å²) in [6.07, 6.45) is 3.14. The van der Waals surface area contributed by atoms with Gasteiger partial charge in [-0.15, -0.1) is 6.58 Å². The standard InChI is InChI=1S/C13H12N2O3S2/c1-2-6-15-12(17)10(20-13(15)19)7-8-4-3-5-9(14-18)11(8)16/h2-5,7,14,16,18H,1,6H2/b10-7-. The summed E-state index contributed by atoms with van der Waals surface area (Å²) in [5.41, 5.74) is 2.48. The molecule has 5 nitrogen and oxygen atoms in total. The molecule has 7 heteroatoms. The van der Waals surface area contributed by atoms with Gasteiger partial charge in [0.05, 0.1) is 4.91 Å². The number of benzene rings is 1. The minimum absolute atomic E-state index is 0.135. The number of para-hydroxylation sites is 1. The number of nitrogens with zero attached hydrogens (tertiary/aromatic N) is 1. The molecule has 1 aromatic rings. The maximum atomic E-state index is 12.1. The highest BCUT2D eigenvalue weighted by Gasteiger charge is 2.31. The number of thiocarbonyl (C=S) groups is 1. The number of thioether (sulfide) groups is 1. The lowest BCUT2D eigenvalue weighted by Crippen LogP contribution is -2.27. The SMILES string of the molecule is C=CCN1C(=O)/C(=C/c2cccc(NO)c2O)SC1=S. The van der Waals surface area contributed by atoms with E-state index in [-0.39, 0.29) is 17.3 Å². The summed E-state index contributed by atoms with van der Waals surface area (Å²) < 4.78 is 0.456. The van der Waals surface area contributed by atoms with Crippen molar-refractivity contribution < 1.29 is 15.1 Å². The van der Waals surface area contributed by atoms with Crippen molar-refractivity contribution in [3.63, 3.8) is 0 Å². The van der Waals surface area contributed by atoms with Crippen LogP contribution in [0.5, 0.6) is 5.75 Å². The highest BCUT2D eigenvalue weighted by Crippen LogP contribution is 2.35. The van der Waals surface area contributed by atoms with Gasteiger partial charge >= 0.3 is 0 Å². The molecule has 1 saturated heterocycles. The van der Waals surface area contributed by atoms with Gasteiger partial charge in [0, 0.05) is 12.1 Å². The van der Waals surface area contributed by atoms with Crippen LogP contribution >= 0.6 is 24.0 Å². The van der Waals surface area contributed by atoms with E-state index in [1.54, 1.807) is 24.3 Å². The van der Waals surface area contributed by atoms with Gasteiger partial charge in [-0.2, -0.15) is 0 Å². The lowest BCUT2D eigenvalue weighted by atomic mass is 10.1. The Morgan fingerprint density at radius 1 is 1.50 bits per heavy atom. The second kappa shape index (κ2) is 6.08. The number of carbonyl (C=O) groups excluding carboxylic acids is 1. The fourth-order valence-corrected chi connectivity index (χ4v) is 2.96. The number of amides is 1. The number of hydrogen-bond acceptors (Lipinski definition) is 6. The van der Waals surface area contributed by atoms with Crippen molar-refractivity contribution in [3.8, 4) is 5.75 Å². The van der Waals surface area contributed by atoms with E-state index in [9.17, 15) is 9.90 Å². The lowest BCUT2D eigenvalue weighted by Gasteiger charge is -2.10. The maximum absolute atomic E-state index is 12.1. The first-order chi connectivity index (χ1) is 9.58. The Morgan fingerprint density at radius 2 is 2.25 bits per heavy atom. The monoisotopic (exact) mass is 308 g/mol. The van der Waals surface area contributed by atoms with E-state index in [0.29, 0.717) is 21.3 Å². The van der Waals surface area contributed by atoms with Gasteiger partial charge in [0.15, 0.2) is 0 Å². The quantitative estimate of drug-likeness (QED) is 0.261. The van der Waals surface area contributed by atoms with E-state index in [1.165, 1.54) is 22.7 Å². The number of carbonyl (C=O) groups is 1. The van der Waals surface area contributed by atoms with Crippen LogP contribution in [-0.4, -0.2) is 32.0 Å². The largest absolute Gasteiger partial charge is 0.505 e. The molecule has 1 aliphatic rings. The van der Waals surface area contributed by atoms with Gasteiger partial charge < -0.3 is 5.11 Å². The average Bonchev–Trinajstić information content (AvgIpc) is 2.69. The summed E-state index contributed by atoms with van der Waals surface area (Å²) >= 11 is 6.29. The van der Waals surface area contributed by atoms with Gasteiger partial charge in [-0.1, -0.05) is 42.2 Å². The Labute approximate surface area is 125 Å². The molecule has 0 spiro atoms. The van der Waals surface area contributed by atoms with Gasteiger partial charge in [-0.25, -0.2) is 0 Å². The van der Waals surface area contributed by atoms with Crippen molar-refractivity contribution in [2.45, 2.75) is 0 Å². The summed E-state index contributed by atoms with van der Waals surface area (Å²) in [7, 11) is 0. The number of nitrogens with one attached hydrogen (secondary N) is 1. The van der Waals surface area contributed by atoms with Gasteiger partial charge in [0.2, 0.25) is 0 Å². The number of rotatable bonds is 4. The molecule has 0 aliphatic carbocycles. The zero-order valence-corrected chi connectivity index (χ0v) is 12.0. The molecule has 0 bridgehead atoms. The molecular weight excluding hydrogens is 296 g/mol. The molecule has 2 rings (SSSR count). The second-order valence-corrected chi connectivity index (χ2v) is 5.61. The molecule has 1 fully saturated rings. The van der Waals surface area contributed by atoms with E-state index in [1.807, 2.05) is 5.48 Å². The third-order valence-corrected chi connectivity index (χ3v) is 4.04. The van der Waals surface area contributed by atoms with E-state index in [2.05, 4.69) is 6.58 Å². The third kappa shape index (κ3) is 2.69. The lowest BCUT2D eigenvalue weighted by molar-refractivity contribution is -0.121. The Balaban J connectivity index is 2.35. The summed E-state index contributed by atoms with van der Waals surface area (Å²) in [6, 6.07) is 4.79. The highest BCUT2D eigenvalue weighted by atomic mass is 32.2. The first kappa shape index (κ1) is 14.6. The Morgan fingerprint density at radius 3 is 2.90 bits per heavy atom. The topological polar surface area (TPSA) is 72.8 Å². The predicted molar refractivity (Wildman–Crippen MR) is 83.6 cm³/mol. The van der Waals surface area contributed by atoms with Gasteiger partial charge in [0.1, 0.15) is 15.8 Å². The molecule has 0 saturated carbocycles. The smallest absolute Gasteiger partial charge is 0.266 e. The summed E-state index contributed by atoms with van der Waals surface area (Å²) in [6.45, 7) is 3.93. The van der Waals surface area contributed by atoms with E-state index in [0.717, 1.165) is 0 Å². The van der Waals surface area contributed by atoms with Crippen LogP contribution in [0.3, 0.4) is 0 Å². The van der Waals surface area contributed by atoms with Crippen LogP contribution in [0, 0.1) is 0 Å². The molecular formula is C13H12N2O3S2. The molecule has 104 valence electrons. The minimum atomic E-state index is -0.221. The normalized spacial score (nSPS) is 16.9. The van der Waals surface area contributed by atoms with Crippen molar-refractivity contribution in [3.05, 3.63) is 41.3 Å². The Kier molecular flexibility index (Phi) is 4.43. The molecule has 1 aliphatic heterocycles. The van der Waals surface area contributed by atoms with Crippen molar-refractivity contribution in [2.24, 2.45) is 0 Å². The zero-order chi connectivity index (χ0) is 14.7. The zero-order valence-electron chi connectivity index (χ0n) is 10.4. The number of phenolic OH excluding ortho intramolecular Hbond substituents is 1. The Bertz CT molecular complexity index is 614. The molecule has 0 radical (unpaired) electrons. The molecule has 1 amide bonds. The molecule has 20 heavy (non-hydrogen) atoms. The van der Waals surface area contributed by atoms with Crippen molar-refractivity contribution in [1.29, 1.82) is 0 Å². The minimum Gasteiger partial charge on any atom is -0.505 e. The number of anilines is 1. The average molecular weight is 308 g/mol. The summed E-state index contributed by atoms with van der Waals surface area (Å²) in [5, 5.41) is 18.8. The Hall–Kier alpha value is -1.83. The first-order valence-corrected chi connectivity index (χ1v) is 6.89. The molecule has 0 aromatic heterocycles. The van der Waals surface area contributed by atoms with Gasteiger partial charge in [-0.3, -0.25) is 20.4 Å². The fraction of sp³-hybridized carbons (Fsp3) is 0.0769. The van der Waals surface area contributed by atoms with Crippen LogP contribution in [-0.2, 0) is 4.79 Å². The molecule has 0 atom stereocenters. The molecule has 3 N–H and O–H groups in total. The number of hydrogen-bond donors (Lipinski definition) is 3. The van der Waals surface area contributed by atoms with E-state index < -0.39 is 0 Å². The second-order valence-electron chi connectivity index (χ2n) is 3.94. The van der Waals surface area contributed by atoms with E-state index >= 15 is 0 Å². The maximum Gasteiger partial charge on any atom is 0.266 e. The van der Waals surface area contributed by atoms with Crippen molar-refractivity contribution in [2.75, 3.05) is 12.0 Å². The van der Waals surface area contributed by atoms with Gasteiger partial charge in [0.25, 0.3) is 5.91 Å². The van der Waals surface area contributed by atoms with E-state index in [4.69, 9.17) is 17.4 Å². The number of aromatic hydroxyl groups is 1. The highest BCUT2D eigenvalue weighted by molar-refractivity contribution is 8.26. The van der Waals surface area contributed by atoms with Crippen LogP contribution in [0.25, 0.3) is 6.08 Å². The van der Waals surface area contributed by atoms with Crippen LogP contribution < -0.4 is 5.48 Å². The van der Waals surface area contributed by atoms with Crippen molar-refractivity contribution >= 4 is 46.0 Å². The third-order valence-electron chi connectivity index (χ3n) is 2.66. The predicted octanol–water partition coefficient (Wildman–Crippen LogP) is 2.58. The first-order valence-electron chi connectivity index (χ1n) is 5.67.